The van der Waals surface area contributed by atoms with Gasteiger partial charge in [0.05, 0.1) is 12.8 Å². The van der Waals surface area contributed by atoms with Crippen molar-refractivity contribution in [3.05, 3.63) is 35.4 Å². The molecule has 0 saturated carbocycles. The van der Waals surface area contributed by atoms with Crippen molar-refractivity contribution < 1.29 is 8.42 Å². The molecule has 0 radical (unpaired) electrons. The SMILES string of the molecule is CCNC(=NCc1ccccc1C)NCC(C)(C)NS(C)(=O)=O. The summed E-state index contributed by atoms with van der Waals surface area (Å²) < 4.78 is 25.4. The molecule has 0 amide bonds. The predicted octanol–water partition coefficient (Wildman–Crippen LogP) is 1.38. The van der Waals surface area contributed by atoms with Gasteiger partial charge in [0.1, 0.15) is 0 Å². The molecule has 0 unspecified atom stereocenters. The molecule has 0 bridgehead atoms. The molecule has 0 aromatic heterocycles. The van der Waals surface area contributed by atoms with Gasteiger partial charge in [0, 0.05) is 18.6 Å². The molecule has 0 aliphatic rings. The first-order valence-electron chi connectivity index (χ1n) is 7.68. The van der Waals surface area contributed by atoms with E-state index in [9.17, 15) is 8.42 Å². The predicted molar refractivity (Wildman–Crippen MR) is 96.1 cm³/mol. The Balaban J connectivity index is 2.71. The van der Waals surface area contributed by atoms with Crippen LogP contribution in [-0.2, 0) is 16.6 Å². The summed E-state index contributed by atoms with van der Waals surface area (Å²) in [4.78, 5) is 4.56. The van der Waals surface area contributed by atoms with E-state index < -0.39 is 15.6 Å². The molecule has 0 aliphatic carbocycles. The zero-order chi connectivity index (χ0) is 17.5. The number of sulfonamides is 1. The van der Waals surface area contributed by atoms with Gasteiger partial charge >= 0.3 is 0 Å². The Hall–Kier alpha value is -1.60. The van der Waals surface area contributed by atoms with E-state index in [-0.39, 0.29) is 0 Å². The van der Waals surface area contributed by atoms with Gasteiger partial charge in [0.15, 0.2) is 5.96 Å². The van der Waals surface area contributed by atoms with Crippen molar-refractivity contribution in [1.82, 2.24) is 15.4 Å². The van der Waals surface area contributed by atoms with E-state index in [0.29, 0.717) is 19.0 Å². The monoisotopic (exact) mass is 340 g/mol. The highest BCUT2D eigenvalue weighted by Gasteiger charge is 2.22. The summed E-state index contributed by atoms with van der Waals surface area (Å²) in [5, 5.41) is 6.35. The third-order valence-electron chi connectivity index (χ3n) is 3.17. The number of hydrogen-bond donors (Lipinski definition) is 3. The third-order valence-corrected chi connectivity index (χ3v) is 4.10. The maximum atomic E-state index is 11.4. The number of aliphatic imine (C=N–C) groups is 1. The molecule has 0 atom stereocenters. The molecule has 0 saturated heterocycles. The number of rotatable bonds is 7. The average Bonchev–Trinajstić information content (AvgIpc) is 2.41. The van der Waals surface area contributed by atoms with E-state index in [1.807, 2.05) is 32.9 Å². The summed E-state index contributed by atoms with van der Waals surface area (Å²) in [6.45, 7) is 9.44. The van der Waals surface area contributed by atoms with Gasteiger partial charge in [-0.05, 0) is 38.8 Å². The second kappa shape index (κ2) is 8.31. The fourth-order valence-corrected chi connectivity index (χ4v) is 3.21. The highest BCUT2D eigenvalue weighted by Crippen LogP contribution is 2.08. The van der Waals surface area contributed by atoms with E-state index in [0.717, 1.165) is 12.8 Å². The maximum Gasteiger partial charge on any atom is 0.209 e. The summed E-state index contributed by atoms with van der Waals surface area (Å²) in [5.74, 6) is 0.666. The quantitative estimate of drug-likeness (QED) is 0.517. The molecule has 130 valence electrons. The number of aryl methyl sites for hydroxylation is 1. The van der Waals surface area contributed by atoms with Crippen LogP contribution in [0.1, 0.15) is 31.9 Å². The summed E-state index contributed by atoms with van der Waals surface area (Å²) in [6.07, 6.45) is 1.16. The number of nitrogens with zero attached hydrogens (tertiary/aromatic N) is 1. The highest BCUT2D eigenvalue weighted by atomic mass is 32.2. The topological polar surface area (TPSA) is 82.6 Å². The van der Waals surface area contributed by atoms with Crippen LogP contribution in [0.5, 0.6) is 0 Å². The molecule has 3 N–H and O–H groups in total. The van der Waals surface area contributed by atoms with Gasteiger partial charge in [0.25, 0.3) is 0 Å². The second-order valence-electron chi connectivity index (χ2n) is 6.23. The first kappa shape index (κ1) is 19.4. The molecular weight excluding hydrogens is 312 g/mol. The second-order valence-corrected chi connectivity index (χ2v) is 7.98. The lowest BCUT2D eigenvalue weighted by Gasteiger charge is -2.26. The molecule has 1 rings (SSSR count). The maximum absolute atomic E-state index is 11.4. The normalized spacial score (nSPS) is 13.0. The molecule has 7 heteroatoms. The molecule has 1 aromatic carbocycles. The van der Waals surface area contributed by atoms with Crippen molar-refractivity contribution in [2.75, 3.05) is 19.3 Å². The molecular formula is C16H28N4O2S. The molecule has 0 aliphatic heterocycles. The van der Waals surface area contributed by atoms with Gasteiger partial charge in [-0.1, -0.05) is 24.3 Å². The van der Waals surface area contributed by atoms with Gasteiger partial charge < -0.3 is 10.6 Å². The van der Waals surface area contributed by atoms with Gasteiger partial charge in [0.2, 0.25) is 10.0 Å². The van der Waals surface area contributed by atoms with Crippen LogP contribution >= 0.6 is 0 Å². The van der Waals surface area contributed by atoms with Crippen molar-refractivity contribution in [2.45, 2.75) is 39.8 Å². The van der Waals surface area contributed by atoms with E-state index >= 15 is 0 Å². The lowest BCUT2D eigenvalue weighted by molar-refractivity contribution is 0.446. The van der Waals surface area contributed by atoms with Crippen molar-refractivity contribution in [2.24, 2.45) is 4.99 Å². The summed E-state index contributed by atoms with van der Waals surface area (Å²) >= 11 is 0. The minimum Gasteiger partial charge on any atom is -0.357 e. The molecule has 0 fully saturated rings. The molecule has 0 spiro atoms. The number of benzene rings is 1. The first-order chi connectivity index (χ1) is 10.6. The Kier molecular flexibility index (Phi) is 7.02. The third kappa shape index (κ3) is 7.99. The average molecular weight is 340 g/mol. The Morgan fingerprint density at radius 1 is 1.22 bits per heavy atom. The fourth-order valence-electron chi connectivity index (χ4n) is 2.14. The van der Waals surface area contributed by atoms with Crippen molar-refractivity contribution in [3.8, 4) is 0 Å². The van der Waals surface area contributed by atoms with Crippen LogP contribution in [0, 0.1) is 6.92 Å². The Morgan fingerprint density at radius 3 is 2.43 bits per heavy atom. The number of guanidine groups is 1. The first-order valence-corrected chi connectivity index (χ1v) is 9.58. The van der Waals surface area contributed by atoms with Crippen LogP contribution in [0.15, 0.2) is 29.3 Å². The Bertz CT molecular complexity index is 639. The molecule has 0 heterocycles. The fraction of sp³-hybridized carbons (Fsp3) is 0.562. The minimum atomic E-state index is -3.25. The van der Waals surface area contributed by atoms with Crippen molar-refractivity contribution in [3.63, 3.8) is 0 Å². The zero-order valence-corrected chi connectivity index (χ0v) is 15.4. The van der Waals surface area contributed by atoms with Crippen molar-refractivity contribution in [1.29, 1.82) is 0 Å². The Morgan fingerprint density at radius 2 is 1.87 bits per heavy atom. The van der Waals surface area contributed by atoms with Crippen LogP contribution in [0.4, 0.5) is 0 Å². The summed E-state index contributed by atoms with van der Waals surface area (Å²) in [7, 11) is -3.25. The lowest BCUT2D eigenvalue weighted by Crippen LogP contribution is -2.53. The van der Waals surface area contributed by atoms with Gasteiger partial charge in [-0.2, -0.15) is 0 Å². The smallest absolute Gasteiger partial charge is 0.209 e. The number of hydrogen-bond acceptors (Lipinski definition) is 3. The van der Waals surface area contributed by atoms with E-state index in [1.54, 1.807) is 0 Å². The summed E-state index contributed by atoms with van der Waals surface area (Å²) in [6, 6.07) is 8.12. The molecule has 1 aromatic rings. The van der Waals surface area contributed by atoms with E-state index in [1.165, 1.54) is 11.1 Å². The van der Waals surface area contributed by atoms with Gasteiger partial charge in [-0.15, -0.1) is 0 Å². The minimum absolute atomic E-state index is 0.430. The molecule has 6 nitrogen and oxygen atoms in total. The van der Waals surface area contributed by atoms with Crippen LogP contribution < -0.4 is 15.4 Å². The molecule has 23 heavy (non-hydrogen) atoms. The van der Waals surface area contributed by atoms with Gasteiger partial charge in [-0.25, -0.2) is 18.1 Å². The van der Waals surface area contributed by atoms with Gasteiger partial charge in [-0.3, -0.25) is 0 Å². The zero-order valence-electron chi connectivity index (χ0n) is 14.6. The largest absolute Gasteiger partial charge is 0.357 e. The highest BCUT2D eigenvalue weighted by molar-refractivity contribution is 7.88. The van der Waals surface area contributed by atoms with Crippen molar-refractivity contribution >= 4 is 16.0 Å². The van der Waals surface area contributed by atoms with E-state index in [4.69, 9.17) is 0 Å². The Labute approximate surface area is 139 Å². The van der Waals surface area contributed by atoms with E-state index in [2.05, 4.69) is 39.4 Å². The lowest BCUT2D eigenvalue weighted by atomic mass is 10.1. The summed E-state index contributed by atoms with van der Waals surface area (Å²) in [5.41, 5.74) is 1.76. The standard InChI is InChI=1S/C16H28N4O2S/c1-6-17-15(18-11-14-10-8-7-9-13(14)2)19-12-16(3,4)20-23(5,21)22/h7-10,20H,6,11-12H2,1-5H3,(H2,17,18,19). The number of nitrogens with one attached hydrogen (secondary N) is 3. The van der Waals surface area contributed by atoms with Crippen LogP contribution in [0.3, 0.4) is 0 Å². The van der Waals surface area contributed by atoms with Crippen LogP contribution in [0.2, 0.25) is 0 Å². The van der Waals surface area contributed by atoms with Crippen LogP contribution in [0.25, 0.3) is 0 Å². The van der Waals surface area contributed by atoms with Crippen LogP contribution in [-0.4, -0.2) is 39.3 Å².